The molecule has 0 N–H and O–H groups in total. The van der Waals surface area contributed by atoms with Gasteiger partial charge in [0.2, 0.25) is 0 Å². The van der Waals surface area contributed by atoms with E-state index in [0.717, 1.165) is 35.1 Å². The molecule has 1 aliphatic rings. The molecule has 6 nitrogen and oxygen atoms in total. The van der Waals surface area contributed by atoms with Crippen LogP contribution in [-0.4, -0.2) is 24.8 Å². The van der Waals surface area contributed by atoms with Crippen LogP contribution in [0.15, 0.2) is 53.4 Å². The van der Waals surface area contributed by atoms with Crippen LogP contribution in [0.5, 0.6) is 10.9 Å². The van der Waals surface area contributed by atoms with E-state index >= 15 is 0 Å². The third-order valence-corrected chi connectivity index (χ3v) is 6.65. The van der Waals surface area contributed by atoms with E-state index in [0.29, 0.717) is 22.5 Å². The molecule has 4 rings (SSSR count). The number of hydrogen-bond acceptors (Lipinski definition) is 6. The first kappa shape index (κ1) is 17.9. The summed E-state index contributed by atoms with van der Waals surface area (Å²) in [5.41, 5.74) is 0.461. The quantitative estimate of drug-likeness (QED) is 0.615. The van der Waals surface area contributed by atoms with Gasteiger partial charge in [-0.1, -0.05) is 0 Å². The minimum atomic E-state index is -3.77. The number of benzene rings is 2. The third-order valence-electron chi connectivity index (χ3n) is 4.24. The molecule has 1 aromatic heterocycles. The van der Waals surface area contributed by atoms with E-state index in [1.54, 1.807) is 24.3 Å². The lowest BCUT2D eigenvalue weighted by Crippen LogP contribution is -2.26. The third kappa shape index (κ3) is 3.79. The highest BCUT2D eigenvalue weighted by atomic mass is 32.2. The zero-order chi connectivity index (χ0) is 19.0. The van der Waals surface area contributed by atoms with Crippen LogP contribution < -0.4 is 9.04 Å². The Balaban J connectivity index is 1.49. The number of nitrogens with zero attached hydrogens (tertiary/aromatic N) is 3. The van der Waals surface area contributed by atoms with E-state index < -0.39 is 15.8 Å². The molecule has 3 aromatic rings. The van der Waals surface area contributed by atoms with Crippen molar-refractivity contribution in [2.24, 2.45) is 0 Å². The first-order valence-electron chi connectivity index (χ1n) is 8.29. The molecule has 1 heterocycles. The van der Waals surface area contributed by atoms with Gasteiger partial charge in [-0.05, 0) is 61.4 Å². The summed E-state index contributed by atoms with van der Waals surface area (Å²) in [6.45, 7) is 0. The molecular formula is C18H16FN3O3S2. The number of rotatable bonds is 6. The first-order chi connectivity index (χ1) is 12.9. The summed E-state index contributed by atoms with van der Waals surface area (Å²) in [6, 6.07) is 11.3. The summed E-state index contributed by atoms with van der Waals surface area (Å²) < 4.78 is 49.4. The lowest BCUT2D eigenvalue weighted by atomic mass is 10.3. The van der Waals surface area contributed by atoms with E-state index in [1.165, 1.54) is 30.7 Å². The van der Waals surface area contributed by atoms with Gasteiger partial charge < -0.3 is 4.74 Å². The summed E-state index contributed by atoms with van der Waals surface area (Å²) in [5, 5.41) is 0.469. The van der Waals surface area contributed by atoms with Gasteiger partial charge in [0.25, 0.3) is 15.2 Å². The van der Waals surface area contributed by atoms with Crippen LogP contribution >= 0.6 is 11.5 Å². The number of sulfonamides is 1. The van der Waals surface area contributed by atoms with Gasteiger partial charge in [-0.3, -0.25) is 4.31 Å². The minimum Gasteiger partial charge on any atom is -0.430 e. The van der Waals surface area contributed by atoms with Crippen molar-refractivity contribution in [2.75, 3.05) is 11.4 Å². The lowest BCUT2D eigenvalue weighted by Gasteiger charge is -2.19. The van der Waals surface area contributed by atoms with E-state index in [1.807, 2.05) is 0 Å². The van der Waals surface area contributed by atoms with Gasteiger partial charge in [-0.15, -0.1) is 0 Å². The van der Waals surface area contributed by atoms with Gasteiger partial charge in [-0.25, -0.2) is 12.8 Å². The van der Waals surface area contributed by atoms with Crippen molar-refractivity contribution in [3.63, 3.8) is 0 Å². The largest absolute Gasteiger partial charge is 0.430 e. The number of anilines is 1. The number of aromatic nitrogens is 2. The number of hydrogen-bond donors (Lipinski definition) is 0. The molecular weight excluding hydrogens is 389 g/mol. The second-order valence-electron chi connectivity index (χ2n) is 6.22. The SMILES string of the molecule is CN(c1ccc(Oc2nc(C3CC3)ns2)cc1)S(=O)(=O)c1ccc(F)cc1. The van der Waals surface area contributed by atoms with Gasteiger partial charge >= 0.3 is 0 Å². The Hall–Kier alpha value is -2.52. The maximum absolute atomic E-state index is 13.0. The van der Waals surface area contributed by atoms with Gasteiger partial charge in [0.05, 0.1) is 10.6 Å². The summed E-state index contributed by atoms with van der Waals surface area (Å²) in [6.07, 6.45) is 2.25. The molecule has 0 saturated heterocycles. The Morgan fingerprint density at radius 1 is 1.11 bits per heavy atom. The van der Waals surface area contributed by atoms with Gasteiger partial charge in [0.15, 0.2) is 0 Å². The van der Waals surface area contributed by atoms with Crippen molar-refractivity contribution in [3.05, 3.63) is 60.2 Å². The van der Waals surface area contributed by atoms with E-state index in [-0.39, 0.29) is 4.90 Å². The van der Waals surface area contributed by atoms with Crippen molar-refractivity contribution in [1.82, 2.24) is 9.36 Å². The molecule has 1 aliphatic carbocycles. The fourth-order valence-corrected chi connectivity index (χ4v) is 4.32. The Labute approximate surface area is 160 Å². The molecule has 1 fully saturated rings. The zero-order valence-corrected chi connectivity index (χ0v) is 16.0. The van der Waals surface area contributed by atoms with Crippen LogP contribution in [0.25, 0.3) is 0 Å². The normalized spacial score (nSPS) is 14.1. The predicted molar refractivity (Wildman–Crippen MR) is 100 cm³/mol. The molecule has 0 bridgehead atoms. The first-order valence-corrected chi connectivity index (χ1v) is 10.5. The molecule has 0 atom stereocenters. The maximum atomic E-state index is 13.0. The Bertz CT molecular complexity index is 1050. The molecule has 0 aliphatic heterocycles. The average Bonchev–Trinajstić information content (AvgIpc) is 3.42. The summed E-state index contributed by atoms with van der Waals surface area (Å²) in [4.78, 5) is 4.38. The van der Waals surface area contributed by atoms with Crippen molar-refractivity contribution < 1.29 is 17.5 Å². The summed E-state index contributed by atoms with van der Waals surface area (Å²) >= 11 is 1.21. The molecule has 9 heteroatoms. The molecule has 1 saturated carbocycles. The van der Waals surface area contributed by atoms with Crippen molar-refractivity contribution in [2.45, 2.75) is 23.7 Å². The van der Waals surface area contributed by atoms with Crippen molar-refractivity contribution >= 4 is 27.2 Å². The molecule has 0 unspecified atom stereocenters. The van der Waals surface area contributed by atoms with Gasteiger partial charge in [0.1, 0.15) is 17.4 Å². The number of halogens is 1. The van der Waals surface area contributed by atoms with Gasteiger partial charge in [0, 0.05) is 24.5 Å². The van der Waals surface area contributed by atoms with Crippen LogP contribution in [-0.2, 0) is 10.0 Å². The van der Waals surface area contributed by atoms with Crippen LogP contribution in [0.4, 0.5) is 10.1 Å². The smallest absolute Gasteiger partial charge is 0.298 e. The summed E-state index contributed by atoms with van der Waals surface area (Å²) in [5.74, 6) is 1.35. The fourth-order valence-electron chi connectivity index (χ4n) is 2.50. The Kier molecular flexibility index (Phi) is 4.56. The second kappa shape index (κ2) is 6.90. The minimum absolute atomic E-state index is 0.0215. The summed E-state index contributed by atoms with van der Waals surface area (Å²) in [7, 11) is -2.33. The Morgan fingerprint density at radius 2 is 1.78 bits per heavy atom. The van der Waals surface area contributed by atoms with E-state index in [2.05, 4.69) is 9.36 Å². The molecule has 2 aromatic carbocycles. The topological polar surface area (TPSA) is 72.4 Å². The molecule has 0 spiro atoms. The fraction of sp³-hybridized carbons (Fsp3) is 0.222. The Morgan fingerprint density at radius 3 is 2.41 bits per heavy atom. The standard InChI is InChI=1S/C18H16FN3O3S2/c1-22(27(23,24)16-10-4-13(19)5-11-16)14-6-8-15(9-7-14)25-18-20-17(21-26-18)12-2-3-12/h4-12H,2-3H2,1H3. The molecule has 0 amide bonds. The number of ether oxygens (including phenoxy) is 1. The second-order valence-corrected chi connectivity index (χ2v) is 8.90. The van der Waals surface area contributed by atoms with Crippen LogP contribution in [0, 0.1) is 5.82 Å². The predicted octanol–water partition coefficient (Wildman–Crippen LogP) is 4.17. The van der Waals surface area contributed by atoms with Gasteiger partial charge in [-0.2, -0.15) is 9.36 Å². The van der Waals surface area contributed by atoms with E-state index in [9.17, 15) is 12.8 Å². The van der Waals surface area contributed by atoms with Crippen LogP contribution in [0.3, 0.4) is 0 Å². The maximum Gasteiger partial charge on any atom is 0.298 e. The highest BCUT2D eigenvalue weighted by Gasteiger charge is 2.28. The zero-order valence-electron chi connectivity index (χ0n) is 14.4. The average molecular weight is 405 g/mol. The van der Waals surface area contributed by atoms with Crippen LogP contribution in [0.2, 0.25) is 0 Å². The van der Waals surface area contributed by atoms with Crippen molar-refractivity contribution in [3.8, 4) is 10.9 Å². The van der Waals surface area contributed by atoms with Crippen LogP contribution in [0.1, 0.15) is 24.6 Å². The highest BCUT2D eigenvalue weighted by molar-refractivity contribution is 7.92. The molecule has 27 heavy (non-hydrogen) atoms. The van der Waals surface area contributed by atoms with Crippen molar-refractivity contribution in [1.29, 1.82) is 0 Å². The lowest BCUT2D eigenvalue weighted by molar-refractivity contribution is 0.477. The monoisotopic (exact) mass is 405 g/mol. The highest BCUT2D eigenvalue weighted by Crippen LogP contribution is 2.40. The molecule has 140 valence electrons. The molecule has 0 radical (unpaired) electrons. The van der Waals surface area contributed by atoms with E-state index in [4.69, 9.17) is 4.74 Å².